The molecule has 0 aliphatic heterocycles. The number of benzene rings is 2. The van der Waals surface area contributed by atoms with Gasteiger partial charge in [0.1, 0.15) is 6.61 Å². The van der Waals surface area contributed by atoms with Gasteiger partial charge in [0, 0.05) is 24.3 Å². The second-order valence-corrected chi connectivity index (χ2v) is 7.89. The highest BCUT2D eigenvalue weighted by Gasteiger charge is 2.20. The highest BCUT2D eigenvalue weighted by Crippen LogP contribution is 2.15. The van der Waals surface area contributed by atoms with Crippen LogP contribution in [0.15, 0.2) is 53.4 Å². The predicted molar refractivity (Wildman–Crippen MR) is 97.4 cm³/mol. The number of amides is 1. The van der Waals surface area contributed by atoms with E-state index in [9.17, 15) is 13.2 Å². The summed E-state index contributed by atoms with van der Waals surface area (Å²) >= 11 is 5.76. The molecular weight excluding hydrogens is 364 g/mol. The predicted octanol–water partition coefficient (Wildman–Crippen LogP) is 3.52. The van der Waals surface area contributed by atoms with Gasteiger partial charge in [0.15, 0.2) is 0 Å². The van der Waals surface area contributed by atoms with Gasteiger partial charge in [-0.1, -0.05) is 29.3 Å². The zero-order valence-electron chi connectivity index (χ0n) is 13.9. The Morgan fingerprint density at radius 2 is 1.72 bits per heavy atom. The number of sulfonamides is 1. The zero-order chi connectivity index (χ0) is 18.4. The molecule has 2 rings (SSSR count). The maximum absolute atomic E-state index is 12.4. The number of carbonyl (C=O) groups excluding carboxylic acids is 1. The molecule has 1 amide bonds. The first-order valence-electron chi connectivity index (χ1n) is 7.51. The molecule has 25 heavy (non-hydrogen) atoms. The Balaban J connectivity index is 1.84. The number of rotatable bonds is 6. The van der Waals surface area contributed by atoms with E-state index in [-0.39, 0.29) is 18.0 Å². The number of ether oxygens (including phenoxy) is 1. The van der Waals surface area contributed by atoms with Crippen LogP contribution in [-0.4, -0.2) is 39.0 Å². The van der Waals surface area contributed by atoms with E-state index in [1.54, 1.807) is 48.5 Å². The van der Waals surface area contributed by atoms with Crippen LogP contribution >= 0.6 is 11.6 Å². The minimum atomic E-state index is -3.61. The topological polar surface area (TPSA) is 75.7 Å². The van der Waals surface area contributed by atoms with Crippen molar-refractivity contribution in [2.24, 2.45) is 0 Å². The third kappa shape index (κ3) is 5.45. The van der Waals surface area contributed by atoms with Gasteiger partial charge in [0.2, 0.25) is 10.0 Å². The minimum absolute atomic E-state index is 0.0459. The van der Waals surface area contributed by atoms with Crippen molar-refractivity contribution < 1.29 is 17.9 Å². The van der Waals surface area contributed by atoms with Crippen LogP contribution in [0.1, 0.15) is 5.56 Å². The molecule has 0 atom stereocenters. The molecule has 0 saturated heterocycles. The lowest BCUT2D eigenvalue weighted by Gasteiger charge is -2.17. The monoisotopic (exact) mass is 382 g/mol. The molecule has 134 valence electrons. The standard InChI is InChI=1S/C17H19ClN2O4S/c1-13-3-9-16(10-4-13)25(22,23)20(2)11-12-24-17(21)19-15-7-5-14(18)6-8-15/h3-10H,11-12H2,1-2H3,(H,19,21). The summed E-state index contributed by atoms with van der Waals surface area (Å²) in [5.41, 5.74) is 1.51. The van der Waals surface area contributed by atoms with Gasteiger partial charge in [0.25, 0.3) is 0 Å². The average molecular weight is 383 g/mol. The van der Waals surface area contributed by atoms with E-state index in [2.05, 4.69) is 5.32 Å². The molecule has 0 bridgehead atoms. The van der Waals surface area contributed by atoms with Crippen LogP contribution in [0.25, 0.3) is 0 Å². The van der Waals surface area contributed by atoms with E-state index in [1.165, 1.54) is 7.05 Å². The molecule has 0 aromatic heterocycles. The molecule has 2 aromatic carbocycles. The minimum Gasteiger partial charge on any atom is -0.448 e. The van der Waals surface area contributed by atoms with Crippen molar-refractivity contribution in [2.45, 2.75) is 11.8 Å². The van der Waals surface area contributed by atoms with Gasteiger partial charge in [-0.25, -0.2) is 13.2 Å². The Hall–Kier alpha value is -2.09. The molecule has 6 nitrogen and oxygen atoms in total. The number of likely N-dealkylation sites (N-methyl/N-ethyl adjacent to an activating group) is 1. The van der Waals surface area contributed by atoms with Crippen molar-refractivity contribution in [2.75, 3.05) is 25.5 Å². The summed E-state index contributed by atoms with van der Waals surface area (Å²) in [5.74, 6) is 0. The number of hydrogen-bond acceptors (Lipinski definition) is 4. The molecule has 8 heteroatoms. The highest BCUT2D eigenvalue weighted by atomic mass is 35.5. The SMILES string of the molecule is Cc1ccc(S(=O)(=O)N(C)CCOC(=O)Nc2ccc(Cl)cc2)cc1. The molecule has 0 saturated carbocycles. The van der Waals surface area contributed by atoms with E-state index < -0.39 is 16.1 Å². The summed E-state index contributed by atoms with van der Waals surface area (Å²) in [5, 5.41) is 3.09. The number of hydrogen-bond donors (Lipinski definition) is 1. The number of halogens is 1. The Labute approximate surface area is 152 Å². The fourth-order valence-electron chi connectivity index (χ4n) is 1.96. The third-order valence-electron chi connectivity index (χ3n) is 3.46. The van der Waals surface area contributed by atoms with Gasteiger partial charge in [-0.2, -0.15) is 4.31 Å². The molecular formula is C17H19ClN2O4S. The number of nitrogens with zero attached hydrogens (tertiary/aromatic N) is 1. The Bertz CT molecular complexity index is 821. The molecule has 2 aromatic rings. The van der Waals surface area contributed by atoms with Gasteiger partial charge in [0.05, 0.1) is 4.90 Å². The molecule has 0 heterocycles. The second kappa shape index (κ2) is 8.33. The van der Waals surface area contributed by atoms with Gasteiger partial charge >= 0.3 is 6.09 Å². The molecule has 0 radical (unpaired) electrons. The first-order chi connectivity index (χ1) is 11.8. The normalized spacial score (nSPS) is 11.4. The zero-order valence-corrected chi connectivity index (χ0v) is 15.5. The molecule has 0 unspecified atom stereocenters. The average Bonchev–Trinajstić information content (AvgIpc) is 2.57. The maximum Gasteiger partial charge on any atom is 0.411 e. The number of anilines is 1. The quantitative estimate of drug-likeness (QED) is 0.829. The number of carbonyl (C=O) groups is 1. The number of aryl methyl sites for hydroxylation is 1. The van der Waals surface area contributed by atoms with Crippen molar-refractivity contribution >= 4 is 33.4 Å². The molecule has 0 aliphatic rings. The Morgan fingerprint density at radius 1 is 1.12 bits per heavy atom. The lowest BCUT2D eigenvalue weighted by molar-refractivity contribution is 0.156. The molecule has 1 N–H and O–H groups in total. The summed E-state index contributed by atoms with van der Waals surface area (Å²) in [6.45, 7) is 1.86. The van der Waals surface area contributed by atoms with Crippen LogP contribution in [-0.2, 0) is 14.8 Å². The van der Waals surface area contributed by atoms with E-state index in [0.717, 1.165) is 9.87 Å². The summed E-state index contributed by atoms with van der Waals surface area (Å²) in [4.78, 5) is 11.9. The van der Waals surface area contributed by atoms with Crippen molar-refractivity contribution in [3.8, 4) is 0 Å². The molecule has 0 aliphatic carbocycles. The van der Waals surface area contributed by atoms with Crippen LogP contribution < -0.4 is 5.32 Å². The van der Waals surface area contributed by atoms with E-state index in [0.29, 0.717) is 10.7 Å². The van der Waals surface area contributed by atoms with Crippen molar-refractivity contribution in [1.82, 2.24) is 4.31 Å². The summed E-state index contributed by atoms with van der Waals surface area (Å²) < 4.78 is 31.0. The first-order valence-corrected chi connectivity index (χ1v) is 9.33. The van der Waals surface area contributed by atoms with Crippen LogP contribution in [0.2, 0.25) is 5.02 Å². The van der Waals surface area contributed by atoms with Crippen molar-refractivity contribution in [3.05, 3.63) is 59.1 Å². The van der Waals surface area contributed by atoms with E-state index in [1.807, 2.05) is 6.92 Å². The van der Waals surface area contributed by atoms with Crippen LogP contribution in [0.5, 0.6) is 0 Å². The third-order valence-corrected chi connectivity index (χ3v) is 5.58. The van der Waals surface area contributed by atoms with Gasteiger partial charge in [-0.15, -0.1) is 0 Å². The highest BCUT2D eigenvalue weighted by molar-refractivity contribution is 7.89. The largest absolute Gasteiger partial charge is 0.448 e. The van der Waals surface area contributed by atoms with Crippen LogP contribution in [0, 0.1) is 6.92 Å². The smallest absolute Gasteiger partial charge is 0.411 e. The molecule has 0 spiro atoms. The second-order valence-electron chi connectivity index (χ2n) is 5.41. The lowest BCUT2D eigenvalue weighted by atomic mass is 10.2. The van der Waals surface area contributed by atoms with Crippen molar-refractivity contribution in [1.29, 1.82) is 0 Å². The van der Waals surface area contributed by atoms with Gasteiger partial charge < -0.3 is 4.74 Å². The first kappa shape index (κ1) is 19.2. The maximum atomic E-state index is 12.4. The van der Waals surface area contributed by atoms with Crippen molar-refractivity contribution in [3.63, 3.8) is 0 Å². The number of nitrogens with one attached hydrogen (secondary N) is 1. The van der Waals surface area contributed by atoms with Gasteiger partial charge in [-0.05, 0) is 43.3 Å². The van der Waals surface area contributed by atoms with E-state index in [4.69, 9.17) is 16.3 Å². The fraction of sp³-hybridized carbons (Fsp3) is 0.235. The Kier molecular flexibility index (Phi) is 6.41. The van der Waals surface area contributed by atoms with Crippen LogP contribution in [0.3, 0.4) is 0 Å². The van der Waals surface area contributed by atoms with Crippen LogP contribution in [0.4, 0.5) is 10.5 Å². The fourth-order valence-corrected chi connectivity index (χ4v) is 3.25. The Morgan fingerprint density at radius 3 is 2.32 bits per heavy atom. The summed E-state index contributed by atoms with van der Waals surface area (Å²) in [7, 11) is -2.17. The summed E-state index contributed by atoms with van der Waals surface area (Å²) in [6.07, 6.45) is -0.663. The van der Waals surface area contributed by atoms with Gasteiger partial charge in [-0.3, -0.25) is 5.32 Å². The van der Waals surface area contributed by atoms with E-state index >= 15 is 0 Å². The molecule has 0 fully saturated rings. The summed E-state index contributed by atoms with van der Waals surface area (Å²) in [6, 6.07) is 13.1. The lowest BCUT2D eigenvalue weighted by Crippen LogP contribution is -2.31.